The third-order valence-electron chi connectivity index (χ3n) is 4.18. The van der Waals surface area contributed by atoms with Crippen LogP contribution in [-0.4, -0.2) is 42.5 Å². The number of rotatable bonds is 9. The Morgan fingerprint density at radius 3 is 2.41 bits per heavy atom. The Morgan fingerprint density at radius 1 is 1.11 bits per heavy atom. The minimum absolute atomic E-state index is 0.208. The molecule has 0 aliphatic rings. The number of carbonyl (C=O) groups is 2. The first-order valence-corrected chi connectivity index (χ1v) is 9.00. The number of benzene rings is 2. The summed E-state index contributed by atoms with van der Waals surface area (Å²) in [5, 5.41) is 2.74. The van der Waals surface area contributed by atoms with Gasteiger partial charge in [-0.15, -0.1) is 0 Å². The van der Waals surface area contributed by atoms with Crippen LogP contribution in [0.5, 0.6) is 5.75 Å². The SMILES string of the molecule is CCNC(=O)[C@@H](C)N(CCc1ccccc1)C(=O)COc1ccc(F)cc1. The Bertz CT molecular complexity index is 735. The molecule has 2 rings (SSSR count). The Hall–Kier alpha value is -2.89. The van der Waals surface area contributed by atoms with Crippen LogP contribution in [0.15, 0.2) is 54.6 Å². The molecule has 2 amide bonds. The van der Waals surface area contributed by atoms with Crippen molar-refractivity contribution in [2.45, 2.75) is 26.3 Å². The fourth-order valence-electron chi connectivity index (χ4n) is 2.65. The zero-order chi connectivity index (χ0) is 19.6. The van der Waals surface area contributed by atoms with E-state index in [0.29, 0.717) is 25.3 Å². The topological polar surface area (TPSA) is 58.6 Å². The van der Waals surface area contributed by atoms with Crippen molar-refractivity contribution in [3.05, 3.63) is 66.0 Å². The first-order chi connectivity index (χ1) is 13.0. The fraction of sp³-hybridized carbons (Fsp3) is 0.333. The maximum atomic E-state index is 13.0. The monoisotopic (exact) mass is 372 g/mol. The molecule has 0 saturated carbocycles. The molecular formula is C21H25FN2O3. The van der Waals surface area contributed by atoms with Crippen LogP contribution in [0.2, 0.25) is 0 Å². The van der Waals surface area contributed by atoms with Crippen molar-refractivity contribution in [1.82, 2.24) is 10.2 Å². The van der Waals surface area contributed by atoms with E-state index in [1.54, 1.807) is 6.92 Å². The molecule has 0 fully saturated rings. The summed E-state index contributed by atoms with van der Waals surface area (Å²) in [5.74, 6) is -0.476. The van der Waals surface area contributed by atoms with E-state index < -0.39 is 6.04 Å². The van der Waals surface area contributed by atoms with E-state index in [4.69, 9.17) is 4.74 Å². The first-order valence-electron chi connectivity index (χ1n) is 9.00. The van der Waals surface area contributed by atoms with Gasteiger partial charge in [0.05, 0.1) is 0 Å². The number of amides is 2. The maximum Gasteiger partial charge on any atom is 0.261 e. The summed E-state index contributed by atoms with van der Waals surface area (Å²) in [5.41, 5.74) is 1.08. The number of carbonyl (C=O) groups excluding carboxylic acids is 2. The van der Waals surface area contributed by atoms with Gasteiger partial charge in [0.1, 0.15) is 17.6 Å². The molecule has 6 heteroatoms. The Labute approximate surface area is 159 Å². The molecule has 0 radical (unpaired) electrons. The Kier molecular flexibility index (Phi) is 7.79. The van der Waals surface area contributed by atoms with Crippen molar-refractivity contribution in [2.75, 3.05) is 19.7 Å². The van der Waals surface area contributed by atoms with Gasteiger partial charge in [-0.1, -0.05) is 30.3 Å². The van der Waals surface area contributed by atoms with Crippen LogP contribution in [0.25, 0.3) is 0 Å². The maximum absolute atomic E-state index is 13.0. The summed E-state index contributed by atoms with van der Waals surface area (Å²) in [6, 6.07) is 14.6. The lowest BCUT2D eigenvalue weighted by Crippen LogP contribution is -2.50. The van der Waals surface area contributed by atoms with Crippen LogP contribution in [0.1, 0.15) is 19.4 Å². The average Bonchev–Trinajstić information content (AvgIpc) is 2.68. The van der Waals surface area contributed by atoms with Gasteiger partial charge in [-0.2, -0.15) is 0 Å². The van der Waals surface area contributed by atoms with E-state index in [0.717, 1.165) is 5.56 Å². The third kappa shape index (κ3) is 6.40. The molecule has 1 N–H and O–H groups in total. The average molecular weight is 372 g/mol. The predicted octanol–water partition coefficient (Wildman–Crippen LogP) is 2.80. The van der Waals surface area contributed by atoms with E-state index in [2.05, 4.69) is 5.32 Å². The van der Waals surface area contributed by atoms with E-state index in [1.807, 2.05) is 37.3 Å². The van der Waals surface area contributed by atoms with Crippen LogP contribution in [0, 0.1) is 5.82 Å². The molecule has 0 spiro atoms. The van der Waals surface area contributed by atoms with Crippen LogP contribution >= 0.6 is 0 Å². The van der Waals surface area contributed by atoms with Crippen molar-refractivity contribution in [3.63, 3.8) is 0 Å². The van der Waals surface area contributed by atoms with Crippen LogP contribution in [-0.2, 0) is 16.0 Å². The number of nitrogens with zero attached hydrogens (tertiary/aromatic N) is 1. The molecule has 0 heterocycles. The smallest absolute Gasteiger partial charge is 0.261 e. The molecule has 0 aliphatic carbocycles. The summed E-state index contributed by atoms with van der Waals surface area (Å²) >= 11 is 0. The molecule has 5 nitrogen and oxygen atoms in total. The highest BCUT2D eigenvalue weighted by molar-refractivity contribution is 5.87. The van der Waals surface area contributed by atoms with Gasteiger partial charge in [0.15, 0.2) is 6.61 Å². The number of ether oxygens (including phenoxy) is 1. The van der Waals surface area contributed by atoms with E-state index >= 15 is 0 Å². The van der Waals surface area contributed by atoms with Crippen LogP contribution in [0.3, 0.4) is 0 Å². The van der Waals surface area contributed by atoms with Crippen molar-refractivity contribution < 1.29 is 18.7 Å². The van der Waals surface area contributed by atoms with Crippen LogP contribution < -0.4 is 10.1 Å². The second-order valence-corrected chi connectivity index (χ2v) is 6.14. The van der Waals surface area contributed by atoms with Gasteiger partial charge < -0.3 is 15.0 Å². The summed E-state index contributed by atoms with van der Waals surface area (Å²) in [4.78, 5) is 26.4. The van der Waals surface area contributed by atoms with Gasteiger partial charge in [-0.25, -0.2) is 4.39 Å². The molecule has 0 aromatic heterocycles. The standard InChI is InChI=1S/C21H25FN2O3/c1-3-23-21(26)16(2)24(14-13-17-7-5-4-6-8-17)20(25)15-27-19-11-9-18(22)10-12-19/h4-12,16H,3,13-15H2,1-2H3,(H,23,26)/t16-/m1/s1. The van der Waals surface area contributed by atoms with E-state index in [-0.39, 0.29) is 24.2 Å². The van der Waals surface area contributed by atoms with Crippen molar-refractivity contribution in [2.24, 2.45) is 0 Å². The van der Waals surface area contributed by atoms with Gasteiger partial charge in [-0.3, -0.25) is 9.59 Å². The molecule has 144 valence electrons. The second-order valence-electron chi connectivity index (χ2n) is 6.14. The van der Waals surface area contributed by atoms with Crippen molar-refractivity contribution in [1.29, 1.82) is 0 Å². The van der Waals surface area contributed by atoms with Crippen molar-refractivity contribution >= 4 is 11.8 Å². The minimum atomic E-state index is -0.613. The quantitative estimate of drug-likeness (QED) is 0.736. The molecular weight excluding hydrogens is 347 g/mol. The van der Waals surface area contributed by atoms with E-state index in [1.165, 1.54) is 29.2 Å². The number of likely N-dealkylation sites (N-methyl/N-ethyl adjacent to an activating group) is 1. The zero-order valence-corrected chi connectivity index (χ0v) is 15.7. The molecule has 2 aromatic rings. The zero-order valence-electron chi connectivity index (χ0n) is 15.7. The molecule has 2 aromatic carbocycles. The molecule has 27 heavy (non-hydrogen) atoms. The summed E-state index contributed by atoms with van der Waals surface area (Å²) in [6.07, 6.45) is 0.632. The molecule has 0 saturated heterocycles. The van der Waals surface area contributed by atoms with Gasteiger partial charge in [0.2, 0.25) is 5.91 Å². The number of hydrogen-bond donors (Lipinski definition) is 1. The highest BCUT2D eigenvalue weighted by Crippen LogP contribution is 2.12. The van der Waals surface area contributed by atoms with Gasteiger partial charge >= 0.3 is 0 Å². The Morgan fingerprint density at radius 2 is 1.78 bits per heavy atom. The lowest BCUT2D eigenvalue weighted by Gasteiger charge is -2.28. The highest BCUT2D eigenvalue weighted by Gasteiger charge is 2.25. The number of nitrogens with one attached hydrogen (secondary N) is 1. The molecule has 0 bridgehead atoms. The predicted molar refractivity (Wildman–Crippen MR) is 102 cm³/mol. The molecule has 1 atom stereocenters. The van der Waals surface area contributed by atoms with Gasteiger partial charge in [0.25, 0.3) is 5.91 Å². The van der Waals surface area contributed by atoms with Gasteiger partial charge in [-0.05, 0) is 50.1 Å². The summed E-state index contributed by atoms with van der Waals surface area (Å²) < 4.78 is 18.4. The van der Waals surface area contributed by atoms with Crippen molar-refractivity contribution in [3.8, 4) is 5.75 Å². The number of halogens is 1. The first kappa shape index (κ1) is 20.4. The van der Waals surface area contributed by atoms with E-state index in [9.17, 15) is 14.0 Å². The minimum Gasteiger partial charge on any atom is -0.484 e. The van der Waals surface area contributed by atoms with Gasteiger partial charge in [0, 0.05) is 13.1 Å². The highest BCUT2D eigenvalue weighted by atomic mass is 19.1. The lowest BCUT2D eigenvalue weighted by atomic mass is 10.1. The third-order valence-corrected chi connectivity index (χ3v) is 4.18. The largest absolute Gasteiger partial charge is 0.484 e. The summed E-state index contributed by atoms with van der Waals surface area (Å²) in [6.45, 7) is 4.21. The summed E-state index contributed by atoms with van der Waals surface area (Å²) in [7, 11) is 0. The second kappa shape index (κ2) is 10.3. The Balaban J connectivity index is 2.03. The normalized spacial score (nSPS) is 11.5. The molecule has 0 unspecified atom stereocenters. The fourth-order valence-corrected chi connectivity index (χ4v) is 2.65. The van der Waals surface area contributed by atoms with Crippen LogP contribution in [0.4, 0.5) is 4.39 Å². The number of hydrogen-bond acceptors (Lipinski definition) is 3. The molecule has 0 aliphatic heterocycles. The lowest BCUT2D eigenvalue weighted by molar-refractivity contribution is -0.141.